The number of nitrogens with zero attached hydrogens (tertiary/aromatic N) is 2. The molecule has 0 saturated carbocycles. The molecule has 3 amide bonds. The van der Waals surface area contributed by atoms with E-state index >= 15 is 0 Å². The standard InChI is InChI=1S/C28H26N4O4/c1-17(2)25(27(34)36-3)32-16-21-14-20(8-13-24(21)26(32)33)19-6-11-23(12-7-19)31-28(35)30-22-9-4-18(15-29)5-10-22/h4-14,17,25H,16H2,1-3H3,(H2,30,31,35). The Morgan fingerprint density at radius 1 is 0.944 bits per heavy atom. The van der Waals surface area contributed by atoms with Crippen LogP contribution in [0.3, 0.4) is 0 Å². The minimum absolute atomic E-state index is 0.0793. The summed E-state index contributed by atoms with van der Waals surface area (Å²) < 4.78 is 4.93. The van der Waals surface area contributed by atoms with Gasteiger partial charge in [0.1, 0.15) is 6.04 Å². The number of anilines is 2. The van der Waals surface area contributed by atoms with Gasteiger partial charge in [0.15, 0.2) is 0 Å². The van der Waals surface area contributed by atoms with E-state index in [1.54, 1.807) is 47.4 Å². The molecule has 1 aliphatic heterocycles. The Labute approximate surface area is 209 Å². The van der Waals surface area contributed by atoms with Gasteiger partial charge < -0.3 is 20.3 Å². The van der Waals surface area contributed by atoms with Crippen molar-refractivity contribution in [1.82, 2.24) is 4.90 Å². The van der Waals surface area contributed by atoms with E-state index in [-0.39, 0.29) is 11.8 Å². The number of carbonyl (C=O) groups is 3. The minimum Gasteiger partial charge on any atom is -0.467 e. The van der Waals surface area contributed by atoms with Crippen LogP contribution in [0, 0.1) is 17.2 Å². The molecule has 3 aromatic carbocycles. The van der Waals surface area contributed by atoms with Crippen LogP contribution in [0.15, 0.2) is 66.7 Å². The summed E-state index contributed by atoms with van der Waals surface area (Å²) in [6.45, 7) is 4.13. The number of urea groups is 1. The molecule has 0 saturated heterocycles. The average molecular weight is 483 g/mol. The normalized spacial score (nSPS) is 13.1. The SMILES string of the molecule is COC(=O)C(C(C)C)N1Cc2cc(-c3ccc(NC(=O)Nc4ccc(C#N)cc4)cc3)ccc2C1=O. The lowest BCUT2D eigenvalue weighted by molar-refractivity contribution is -0.147. The van der Waals surface area contributed by atoms with Crippen LogP contribution < -0.4 is 10.6 Å². The second-order valence-corrected chi connectivity index (χ2v) is 8.86. The van der Waals surface area contributed by atoms with Gasteiger partial charge >= 0.3 is 12.0 Å². The number of ether oxygens (including phenoxy) is 1. The fourth-order valence-corrected chi connectivity index (χ4v) is 4.30. The summed E-state index contributed by atoms with van der Waals surface area (Å²) >= 11 is 0. The van der Waals surface area contributed by atoms with Crippen molar-refractivity contribution < 1.29 is 19.1 Å². The fourth-order valence-electron chi connectivity index (χ4n) is 4.30. The number of fused-ring (bicyclic) bond motifs is 1. The Hall–Kier alpha value is -4.64. The molecule has 8 nitrogen and oxygen atoms in total. The highest BCUT2D eigenvalue weighted by atomic mass is 16.5. The lowest BCUT2D eigenvalue weighted by atomic mass is 10.0. The van der Waals surface area contributed by atoms with Gasteiger partial charge in [-0.15, -0.1) is 0 Å². The largest absolute Gasteiger partial charge is 0.467 e. The smallest absolute Gasteiger partial charge is 0.328 e. The Kier molecular flexibility index (Phi) is 7.02. The maximum Gasteiger partial charge on any atom is 0.328 e. The molecule has 4 rings (SSSR count). The zero-order valence-electron chi connectivity index (χ0n) is 20.2. The second kappa shape index (κ2) is 10.3. The van der Waals surface area contributed by atoms with Crippen molar-refractivity contribution in [3.05, 3.63) is 83.4 Å². The van der Waals surface area contributed by atoms with Crippen molar-refractivity contribution in [3.8, 4) is 17.2 Å². The molecular weight excluding hydrogens is 456 g/mol. The molecule has 0 aliphatic carbocycles. The van der Waals surface area contributed by atoms with Crippen LogP contribution in [0.1, 0.15) is 35.3 Å². The van der Waals surface area contributed by atoms with Crippen LogP contribution >= 0.6 is 0 Å². The maximum atomic E-state index is 13.0. The molecule has 1 aliphatic rings. The third-order valence-corrected chi connectivity index (χ3v) is 6.10. The van der Waals surface area contributed by atoms with Crippen molar-refractivity contribution in [2.45, 2.75) is 26.4 Å². The van der Waals surface area contributed by atoms with E-state index in [4.69, 9.17) is 10.00 Å². The third kappa shape index (κ3) is 5.05. The van der Waals surface area contributed by atoms with Crippen LogP contribution in [0.25, 0.3) is 11.1 Å². The van der Waals surface area contributed by atoms with Crippen LogP contribution in [-0.4, -0.2) is 36.0 Å². The first-order valence-corrected chi connectivity index (χ1v) is 11.5. The van der Waals surface area contributed by atoms with Gasteiger partial charge in [-0.3, -0.25) is 4.79 Å². The summed E-state index contributed by atoms with van der Waals surface area (Å²) in [6, 6.07) is 20.6. The van der Waals surface area contributed by atoms with Gasteiger partial charge in [0, 0.05) is 23.5 Å². The number of nitriles is 1. The van der Waals surface area contributed by atoms with E-state index in [0.717, 1.165) is 16.7 Å². The number of rotatable bonds is 6. The summed E-state index contributed by atoms with van der Waals surface area (Å²) in [5, 5.41) is 14.4. The zero-order chi connectivity index (χ0) is 25.8. The van der Waals surface area contributed by atoms with E-state index in [2.05, 4.69) is 10.6 Å². The van der Waals surface area contributed by atoms with Crippen molar-refractivity contribution in [2.75, 3.05) is 17.7 Å². The molecule has 1 heterocycles. The monoisotopic (exact) mass is 482 g/mol. The Morgan fingerprint density at radius 3 is 2.08 bits per heavy atom. The van der Waals surface area contributed by atoms with Gasteiger partial charge in [0.2, 0.25) is 0 Å². The molecule has 8 heteroatoms. The molecule has 3 aromatic rings. The van der Waals surface area contributed by atoms with E-state index in [1.807, 2.05) is 44.2 Å². The number of amides is 3. The molecule has 0 fully saturated rings. The van der Waals surface area contributed by atoms with E-state index in [0.29, 0.717) is 29.0 Å². The predicted octanol–water partition coefficient (Wildman–Crippen LogP) is 5.02. The molecule has 0 spiro atoms. The highest BCUT2D eigenvalue weighted by molar-refractivity contribution is 6.01. The zero-order valence-corrected chi connectivity index (χ0v) is 20.2. The summed E-state index contributed by atoms with van der Waals surface area (Å²) in [7, 11) is 1.33. The fraction of sp³-hybridized carbons (Fsp3) is 0.214. The quantitative estimate of drug-likeness (QED) is 0.479. The number of methoxy groups -OCH3 is 1. The highest BCUT2D eigenvalue weighted by Crippen LogP contribution is 2.32. The van der Waals surface area contributed by atoms with E-state index in [9.17, 15) is 14.4 Å². The summed E-state index contributed by atoms with van der Waals surface area (Å²) in [6.07, 6.45) is 0. The highest BCUT2D eigenvalue weighted by Gasteiger charge is 2.38. The molecule has 0 bridgehead atoms. The molecule has 2 N–H and O–H groups in total. The van der Waals surface area contributed by atoms with Gasteiger partial charge in [-0.2, -0.15) is 5.26 Å². The van der Waals surface area contributed by atoms with Crippen molar-refractivity contribution in [3.63, 3.8) is 0 Å². The molecule has 182 valence electrons. The molecule has 1 atom stereocenters. The number of nitrogens with one attached hydrogen (secondary N) is 2. The van der Waals surface area contributed by atoms with Crippen LogP contribution in [0.2, 0.25) is 0 Å². The van der Waals surface area contributed by atoms with Gasteiger partial charge in [-0.1, -0.05) is 32.0 Å². The molecule has 0 aromatic heterocycles. The van der Waals surface area contributed by atoms with Gasteiger partial charge in [0.25, 0.3) is 5.91 Å². The summed E-state index contributed by atoms with van der Waals surface area (Å²) in [5.41, 5.74) is 5.01. The summed E-state index contributed by atoms with van der Waals surface area (Å²) in [5.74, 6) is -0.671. The third-order valence-electron chi connectivity index (χ3n) is 6.10. The summed E-state index contributed by atoms with van der Waals surface area (Å²) in [4.78, 5) is 39.1. The molecular formula is C28H26N4O4. The Balaban J connectivity index is 1.45. The van der Waals surface area contributed by atoms with Crippen molar-refractivity contribution in [1.29, 1.82) is 5.26 Å². The predicted molar refractivity (Wildman–Crippen MR) is 136 cm³/mol. The first-order chi connectivity index (χ1) is 17.3. The number of hydrogen-bond donors (Lipinski definition) is 2. The van der Waals surface area contributed by atoms with E-state index < -0.39 is 18.0 Å². The van der Waals surface area contributed by atoms with Crippen LogP contribution in [-0.2, 0) is 16.1 Å². The molecule has 36 heavy (non-hydrogen) atoms. The molecule has 0 radical (unpaired) electrons. The number of benzene rings is 3. The van der Waals surface area contributed by atoms with Crippen LogP contribution in [0.5, 0.6) is 0 Å². The lowest BCUT2D eigenvalue weighted by Gasteiger charge is -2.28. The first-order valence-electron chi connectivity index (χ1n) is 11.5. The number of esters is 1. The van der Waals surface area contributed by atoms with Crippen LogP contribution in [0.4, 0.5) is 16.2 Å². The van der Waals surface area contributed by atoms with Crippen molar-refractivity contribution in [2.24, 2.45) is 5.92 Å². The molecule has 1 unspecified atom stereocenters. The second-order valence-electron chi connectivity index (χ2n) is 8.86. The van der Waals surface area contributed by atoms with Gasteiger partial charge in [0.05, 0.1) is 18.7 Å². The topological polar surface area (TPSA) is 112 Å². The number of carbonyl (C=O) groups excluding carboxylic acids is 3. The Bertz CT molecular complexity index is 1340. The van der Waals surface area contributed by atoms with Gasteiger partial charge in [-0.05, 0) is 71.1 Å². The first kappa shape index (κ1) is 24.5. The lowest BCUT2D eigenvalue weighted by Crippen LogP contribution is -2.45. The minimum atomic E-state index is -0.640. The Morgan fingerprint density at radius 2 is 1.53 bits per heavy atom. The average Bonchev–Trinajstić information content (AvgIpc) is 3.19. The van der Waals surface area contributed by atoms with Crippen molar-refractivity contribution >= 4 is 29.3 Å². The number of hydrogen-bond acceptors (Lipinski definition) is 5. The van der Waals surface area contributed by atoms with E-state index in [1.165, 1.54) is 7.11 Å². The maximum absolute atomic E-state index is 13.0. The van der Waals surface area contributed by atoms with Gasteiger partial charge in [-0.25, -0.2) is 9.59 Å².